The van der Waals surface area contributed by atoms with Crippen molar-refractivity contribution in [2.45, 2.75) is 20.0 Å². The minimum atomic E-state index is -0.473. The van der Waals surface area contributed by atoms with E-state index in [1.807, 2.05) is 36.4 Å². The number of hydrogen-bond donors (Lipinski definition) is 3. The maximum absolute atomic E-state index is 12.7. The number of aliphatic hydroxyl groups is 1. The summed E-state index contributed by atoms with van der Waals surface area (Å²) in [6, 6.07) is 15.0. The van der Waals surface area contributed by atoms with Crippen LogP contribution >= 0.6 is 22.6 Å². The Morgan fingerprint density at radius 2 is 2.04 bits per heavy atom. The zero-order valence-electron chi connectivity index (χ0n) is 15.6. The lowest BCUT2D eigenvalue weighted by Crippen LogP contribution is -2.18. The van der Waals surface area contributed by atoms with Crippen molar-refractivity contribution in [3.63, 3.8) is 0 Å². The minimum absolute atomic E-state index is 0.222. The zero-order valence-corrected chi connectivity index (χ0v) is 17.8. The summed E-state index contributed by atoms with van der Waals surface area (Å²) in [6.07, 6.45) is 1.28. The number of carbonyl (C=O) groups is 1. The summed E-state index contributed by atoms with van der Waals surface area (Å²) in [5.41, 5.74) is 3.63. The maximum Gasteiger partial charge on any atom is 0.257 e. The van der Waals surface area contributed by atoms with Crippen LogP contribution in [-0.2, 0) is 0 Å². The number of rotatable bonds is 6. The smallest absolute Gasteiger partial charge is 0.257 e. The Labute approximate surface area is 177 Å². The van der Waals surface area contributed by atoms with Gasteiger partial charge in [-0.05, 0) is 78.9 Å². The van der Waals surface area contributed by atoms with Crippen LogP contribution in [0, 0.1) is 10.5 Å². The van der Waals surface area contributed by atoms with E-state index in [9.17, 15) is 9.90 Å². The van der Waals surface area contributed by atoms with Gasteiger partial charge in [-0.2, -0.15) is 0 Å². The molecule has 2 heterocycles. The fraction of sp³-hybridized carbons (Fsp3) is 0.190. The van der Waals surface area contributed by atoms with Gasteiger partial charge < -0.3 is 15.7 Å². The Bertz CT molecular complexity index is 977. The third-order valence-corrected chi connectivity index (χ3v) is 5.01. The summed E-state index contributed by atoms with van der Waals surface area (Å²) in [5, 5.41) is 15.3. The molecule has 3 aromatic rings. The monoisotopic (exact) mass is 488 g/mol. The van der Waals surface area contributed by atoms with Gasteiger partial charge in [0.25, 0.3) is 5.91 Å². The quantitative estimate of drug-likeness (QED) is 0.455. The second kappa shape index (κ2) is 9.11. The molecule has 2 aromatic heterocycles. The topological polar surface area (TPSA) is 87.1 Å². The predicted octanol–water partition coefficient (Wildman–Crippen LogP) is 4.10. The van der Waals surface area contributed by atoms with Crippen LogP contribution in [-0.4, -0.2) is 33.6 Å². The van der Waals surface area contributed by atoms with Gasteiger partial charge >= 0.3 is 0 Å². The van der Waals surface area contributed by atoms with Gasteiger partial charge in [-0.3, -0.25) is 9.78 Å². The Morgan fingerprint density at radius 1 is 1.21 bits per heavy atom. The number of halogens is 1. The molecular weight excluding hydrogens is 467 g/mol. The summed E-state index contributed by atoms with van der Waals surface area (Å²) in [4.78, 5) is 21.5. The number of nitrogens with one attached hydrogen (secondary N) is 2. The van der Waals surface area contributed by atoms with E-state index in [1.165, 1.54) is 0 Å². The lowest BCUT2D eigenvalue weighted by molar-refractivity contribution is 0.102. The maximum atomic E-state index is 12.7. The molecule has 0 aliphatic heterocycles. The van der Waals surface area contributed by atoms with Gasteiger partial charge in [0.1, 0.15) is 5.82 Å². The molecule has 28 heavy (non-hydrogen) atoms. The summed E-state index contributed by atoms with van der Waals surface area (Å²) < 4.78 is 1.06. The number of hydrogen-bond acceptors (Lipinski definition) is 5. The number of carbonyl (C=O) groups excluding carboxylic acids is 1. The average molecular weight is 488 g/mol. The Kier molecular flexibility index (Phi) is 6.58. The molecule has 0 unspecified atom stereocenters. The van der Waals surface area contributed by atoms with E-state index in [0.29, 0.717) is 29.3 Å². The van der Waals surface area contributed by atoms with Crippen molar-refractivity contribution >= 4 is 40.0 Å². The van der Waals surface area contributed by atoms with E-state index in [0.717, 1.165) is 14.8 Å². The number of aliphatic hydroxyl groups excluding tert-OH is 1. The first-order valence-corrected chi connectivity index (χ1v) is 9.94. The SMILES string of the molecule is Cc1nc(NC[C@@H](C)O)ccc1C(=O)Nc1ccc(I)c(-c2ccccn2)c1. The highest BCUT2D eigenvalue weighted by Crippen LogP contribution is 2.27. The Balaban J connectivity index is 1.78. The number of anilines is 2. The lowest BCUT2D eigenvalue weighted by Gasteiger charge is -2.12. The van der Waals surface area contributed by atoms with Crippen LogP contribution < -0.4 is 10.6 Å². The molecule has 0 aliphatic carbocycles. The van der Waals surface area contributed by atoms with Crippen molar-refractivity contribution in [3.8, 4) is 11.3 Å². The first kappa shape index (κ1) is 20.2. The van der Waals surface area contributed by atoms with Crippen LogP contribution in [0.25, 0.3) is 11.3 Å². The molecule has 6 nitrogen and oxygen atoms in total. The van der Waals surface area contributed by atoms with Gasteiger partial charge in [-0.15, -0.1) is 0 Å². The van der Waals surface area contributed by atoms with Crippen LogP contribution in [0.5, 0.6) is 0 Å². The van der Waals surface area contributed by atoms with Gasteiger partial charge in [0, 0.05) is 27.6 Å². The molecule has 7 heteroatoms. The van der Waals surface area contributed by atoms with Crippen LogP contribution in [0.15, 0.2) is 54.7 Å². The summed E-state index contributed by atoms with van der Waals surface area (Å²) in [6.45, 7) is 3.88. The first-order valence-electron chi connectivity index (χ1n) is 8.86. The van der Waals surface area contributed by atoms with Crippen molar-refractivity contribution in [3.05, 3.63) is 69.6 Å². The third kappa shape index (κ3) is 5.05. The highest BCUT2D eigenvalue weighted by atomic mass is 127. The normalized spacial score (nSPS) is 11.7. The summed E-state index contributed by atoms with van der Waals surface area (Å²) in [5.74, 6) is 0.405. The highest BCUT2D eigenvalue weighted by Gasteiger charge is 2.13. The fourth-order valence-corrected chi connectivity index (χ4v) is 3.28. The largest absolute Gasteiger partial charge is 0.392 e. The molecule has 0 saturated carbocycles. The number of benzene rings is 1. The van der Waals surface area contributed by atoms with E-state index < -0.39 is 6.10 Å². The molecule has 1 amide bonds. The van der Waals surface area contributed by atoms with Crippen LogP contribution in [0.3, 0.4) is 0 Å². The molecule has 1 atom stereocenters. The molecule has 0 bridgehead atoms. The molecular formula is C21H21IN4O2. The fourth-order valence-electron chi connectivity index (χ4n) is 2.67. The third-order valence-electron chi connectivity index (χ3n) is 4.07. The molecule has 0 spiro atoms. The zero-order chi connectivity index (χ0) is 20.1. The summed E-state index contributed by atoms with van der Waals surface area (Å²) >= 11 is 2.26. The van der Waals surface area contributed by atoms with Gasteiger partial charge in [-0.1, -0.05) is 6.07 Å². The van der Waals surface area contributed by atoms with E-state index in [2.05, 4.69) is 43.2 Å². The van der Waals surface area contributed by atoms with Gasteiger partial charge in [0.2, 0.25) is 0 Å². The molecule has 0 aliphatic rings. The number of amides is 1. The second-order valence-corrected chi connectivity index (χ2v) is 7.59. The predicted molar refractivity (Wildman–Crippen MR) is 119 cm³/mol. The summed E-state index contributed by atoms with van der Waals surface area (Å²) in [7, 11) is 0. The van der Waals surface area contributed by atoms with Gasteiger partial charge in [0.05, 0.1) is 23.1 Å². The van der Waals surface area contributed by atoms with Crippen LogP contribution in [0.1, 0.15) is 23.0 Å². The lowest BCUT2D eigenvalue weighted by atomic mass is 10.1. The minimum Gasteiger partial charge on any atom is -0.392 e. The van der Waals surface area contributed by atoms with Gasteiger partial charge in [0.15, 0.2) is 0 Å². The van der Waals surface area contributed by atoms with Crippen molar-refractivity contribution in [2.75, 3.05) is 17.2 Å². The molecule has 3 rings (SSSR count). The highest BCUT2D eigenvalue weighted by molar-refractivity contribution is 14.1. The molecule has 3 N–H and O–H groups in total. The molecule has 0 fully saturated rings. The molecule has 1 aromatic carbocycles. The van der Waals surface area contributed by atoms with Crippen molar-refractivity contribution in [1.29, 1.82) is 0 Å². The average Bonchev–Trinajstić information content (AvgIpc) is 2.68. The van der Waals surface area contributed by atoms with E-state index >= 15 is 0 Å². The second-order valence-electron chi connectivity index (χ2n) is 6.42. The van der Waals surface area contributed by atoms with Crippen molar-refractivity contribution in [2.24, 2.45) is 0 Å². The van der Waals surface area contributed by atoms with Crippen molar-refractivity contribution in [1.82, 2.24) is 9.97 Å². The van der Waals surface area contributed by atoms with Crippen LogP contribution in [0.4, 0.5) is 11.5 Å². The van der Waals surface area contributed by atoms with Crippen LogP contribution in [0.2, 0.25) is 0 Å². The number of pyridine rings is 2. The van der Waals surface area contributed by atoms with E-state index in [1.54, 1.807) is 32.2 Å². The number of nitrogens with zero attached hydrogens (tertiary/aromatic N) is 2. The molecule has 144 valence electrons. The van der Waals surface area contributed by atoms with E-state index in [-0.39, 0.29) is 5.91 Å². The first-order chi connectivity index (χ1) is 13.4. The number of aromatic nitrogens is 2. The standard InChI is InChI=1S/C21H21IN4O2/c1-13(27)12-24-20-9-7-16(14(2)25-20)21(28)26-15-6-8-18(22)17(11-15)19-5-3-4-10-23-19/h3-11,13,27H,12H2,1-2H3,(H,24,25)(H,26,28)/t13-/m1/s1. The van der Waals surface area contributed by atoms with Crippen molar-refractivity contribution < 1.29 is 9.90 Å². The Morgan fingerprint density at radius 3 is 2.71 bits per heavy atom. The Hall–Kier alpha value is -2.52. The van der Waals surface area contributed by atoms with E-state index in [4.69, 9.17) is 0 Å². The molecule has 0 saturated heterocycles. The molecule has 0 radical (unpaired) electrons. The van der Waals surface area contributed by atoms with Gasteiger partial charge in [-0.25, -0.2) is 4.98 Å². The number of aryl methyl sites for hydroxylation is 1.